The fraction of sp³-hybridized carbons (Fsp3) is 0.200. The molecule has 0 aliphatic rings. The highest BCUT2D eigenvalue weighted by Crippen LogP contribution is 2.13. The van der Waals surface area contributed by atoms with Gasteiger partial charge in [0.1, 0.15) is 5.82 Å². The van der Waals surface area contributed by atoms with E-state index < -0.39 is 0 Å². The largest absolute Gasteiger partial charge is 0.504 e. The van der Waals surface area contributed by atoms with Crippen molar-refractivity contribution in [2.45, 2.75) is 6.92 Å². The van der Waals surface area contributed by atoms with E-state index in [1.165, 1.54) is 19.4 Å². The van der Waals surface area contributed by atoms with E-state index in [-0.39, 0.29) is 5.82 Å². The maximum absolute atomic E-state index is 13.1. The molecule has 0 heterocycles. The Morgan fingerprint density at radius 2 is 2.17 bits per heavy atom. The predicted molar refractivity (Wildman–Crippen MR) is 47.2 cm³/mol. The van der Waals surface area contributed by atoms with Crippen LogP contribution in [0.3, 0.4) is 0 Å². The van der Waals surface area contributed by atoms with Gasteiger partial charge >= 0.3 is 0 Å². The molecule has 1 rings (SSSR count). The molecule has 0 atom stereocenters. The van der Waals surface area contributed by atoms with E-state index >= 15 is 0 Å². The van der Waals surface area contributed by atoms with Gasteiger partial charge in [0, 0.05) is 5.56 Å². The molecule has 0 spiro atoms. The van der Waals surface area contributed by atoms with Crippen LogP contribution in [0.5, 0.6) is 0 Å². The average Bonchev–Trinajstić information content (AvgIpc) is 2.04. The van der Waals surface area contributed by atoms with Crippen LogP contribution in [0.15, 0.2) is 24.5 Å². The second-order valence-electron chi connectivity index (χ2n) is 2.51. The van der Waals surface area contributed by atoms with E-state index in [1.54, 1.807) is 12.1 Å². The Hall–Kier alpha value is -1.31. The maximum atomic E-state index is 13.1. The molecule has 0 saturated heterocycles. The number of halogens is 1. The van der Waals surface area contributed by atoms with Crippen LogP contribution in [0.4, 0.5) is 4.39 Å². The van der Waals surface area contributed by atoms with Gasteiger partial charge in [-0.25, -0.2) is 4.39 Å². The minimum absolute atomic E-state index is 0.219. The predicted octanol–water partition coefficient (Wildman–Crippen LogP) is 2.75. The molecule has 2 heteroatoms. The standard InChI is InChI=1S/C10H11FO/c1-8-4-3-5-10(11)9(8)6-7-12-2/h3-7H,1-2H3. The van der Waals surface area contributed by atoms with Crippen LogP contribution in [-0.2, 0) is 4.74 Å². The molecule has 0 amide bonds. The van der Waals surface area contributed by atoms with Crippen LogP contribution in [-0.4, -0.2) is 7.11 Å². The third kappa shape index (κ3) is 1.84. The smallest absolute Gasteiger partial charge is 0.130 e. The van der Waals surface area contributed by atoms with E-state index in [2.05, 4.69) is 0 Å². The SMILES string of the molecule is COC=Cc1c(C)cccc1F. The first-order valence-electron chi connectivity index (χ1n) is 3.70. The number of hydrogen-bond donors (Lipinski definition) is 0. The fourth-order valence-electron chi connectivity index (χ4n) is 0.992. The zero-order chi connectivity index (χ0) is 8.97. The highest BCUT2D eigenvalue weighted by Gasteiger charge is 1.99. The van der Waals surface area contributed by atoms with Gasteiger partial charge in [-0.3, -0.25) is 0 Å². The Kier molecular flexibility index (Phi) is 2.86. The van der Waals surface area contributed by atoms with Crippen LogP contribution < -0.4 is 0 Å². The summed E-state index contributed by atoms with van der Waals surface area (Å²) in [6.45, 7) is 1.86. The lowest BCUT2D eigenvalue weighted by atomic mass is 10.1. The molecular formula is C10H11FO. The summed E-state index contributed by atoms with van der Waals surface area (Å²) in [4.78, 5) is 0. The van der Waals surface area contributed by atoms with Crippen LogP contribution in [0, 0.1) is 12.7 Å². The van der Waals surface area contributed by atoms with E-state index in [4.69, 9.17) is 4.74 Å². The molecule has 0 aromatic heterocycles. The van der Waals surface area contributed by atoms with Crippen LogP contribution >= 0.6 is 0 Å². The first-order chi connectivity index (χ1) is 5.75. The molecule has 0 fully saturated rings. The van der Waals surface area contributed by atoms with Gasteiger partial charge in [0.25, 0.3) is 0 Å². The van der Waals surface area contributed by atoms with Crippen molar-refractivity contribution in [3.8, 4) is 0 Å². The molecule has 0 bridgehead atoms. The summed E-state index contributed by atoms with van der Waals surface area (Å²) in [7, 11) is 1.53. The second kappa shape index (κ2) is 3.90. The summed E-state index contributed by atoms with van der Waals surface area (Å²) >= 11 is 0. The molecule has 0 unspecified atom stereocenters. The lowest BCUT2D eigenvalue weighted by Crippen LogP contribution is -1.85. The van der Waals surface area contributed by atoms with Gasteiger partial charge in [-0.05, 0) is 24.6 Å². The average molecular weight is 166 g/mol. The lowest BCUT2D eigenvalue weighted by Gasteiger charge is -2.00. The maximum Gasteiger partial charge on any atom is 0.130 e. The summed E-state index contributed by atoms with van der Waals surface area (Å²) in [5, 5.41) is 0. The van der Waals surface area contributed by atoms with E-state index in [1.807, 2.05) is 13.0 Å². The van der Waals surface area contributed by atoms with Crippen molar-refractivity contribution >= 4 is 6.08 Å². The summed E-state index contributed by atoms with van der Waals surface area (Å²) in [5.41, 5.74) is 1.49. The molecular weight excluding hydrogens is 155 g/mol. The Morgan fingerprint density at radius 3 is 2.75 bits per heavy atom. The van der Waals surface area contributed by atoms with Gasteiger partial charge in [-0.15, -0.1) is 0 Å². The topological polar surface area (TPSA) is 9.23 Å². The Bertz CT molecular complexity index is 272. The van der Waals surface area contributed by atoms with E-state index in [0.29, 0.717) is 5.56 Å². The molecule has 0 aliphatic heterocycles. The monoisotopic (exact) mass is 166 g/mol. The van der Waals surface area contributed by atoms with Crippen molar-refractivity contribution in [1.29, 1.82) is 0 Å². The van der Waals surface area contributed by atoms with Gasteiger partial charge < -0.3 is 4.74 Å². The molecule has 0 saturated carbocycles. The zero-order valence-corrected chi connectivity index (χ0v) is 7.17. The Morgan fingerprint density at radius 1 is 1.42 bits per heavy atom. The van der Waals surface area contributed by atoms with Gasteiger partial charge in [0.15, 0.2) is 0 Å². The van der Waals surface area contributed by atoms with Crippen molar-refractivity contribution in [3.05, 3.63) is 41.4 Å². The lowest BCUT2D eigenvalue weighted by molar-refractivity contribution is 0.341. The van der Waals surface area contributed by atoms with Crippen LogP contribution in [0.25, 0.3) is 6.08 Å². The molecule has 1 nitrogen and oxygen atoms in total. The molecule has 0 radical (unpaired) electrons. The summed E-state index contributed by atoms with van der Waals surface area (Å²) in [5.74, 6) is -0.219. The van der Waals surface area contributed by atoms with Crippen molar-refractivity contribution in [2.24, 2.45) is 0 Å². The molecule has 64 valence electrons. The van der Waals surface area contributed by atoms with Gasteiger partial charge in [-0.1, -0.05) is 12.1 Å². The van der Waals surface area contributed by atoms with Crippen LogP contribution in [0.2, 0.25) is 0 Å². The minimum Gasteiger partial charge on any atom is -0.504 e. The van der Waals surface area contributed by atoms with Crippen LogP contribution in [0.1, 0.15) is 11.1 Å². The first kappa shape index (κ1) is 8.78. The zero-order valence-electron chi connectivity index (χ0n) is 7.17. The second-order valence-corrected chi connectivity index (χ2v) is 2.51. The molecule has 12 heavy (non-hydrogen) atoms. The third-order valence-electron chi connectivity index (χ3n) is 1.64. The normalized spacial score (nSPS) is 10.6. The minimum atomic E-state index is -0.219. The molecule has 0 N–H and O–H groups in total. The van der Waals surface area contributed by atoms with Gasteiger partial charge in [0.2, 0.25) is 0 Å². The third-order valence-corrected chi connectivity index (χ3v) is 1.64. The van der Waals surface area contributed by atoms with Gasteiger partial charge in [0.05, 0.1) is 13.4 Å². The van der Waals surface area contributed by atoms with E-state index in [9.17, 15) is 4.39 Å². The van der Waals surface area contributed by atoms with Crippen molar-refractivity contribution in [3.63, 3.8) is 0 Å². The van der Waals surface area contributed by atoms with Crippen molar-refractivity contribution in [2.75, 3.05) is 7.11 Å². The van der Waals surface area contributed by atoms with Crippen molar-refractivity contribution < 1.29 is 9.13 Å². The highest BCUT2D eigenvalue weighted by atomic mass is 19.1. The number of rotatable bonds is 2. The Labute approximate surface area is 71.5 Å². The summed E-state index contributed by atoms with van der Waals surface area (Å²) in [6.07, 6.45) is 3.08. The number of ether oxygens (including phenoxy) is 1. The number of benzene rings is 1. The molecule has 0 aliphatic carbocycles. The first-order valence-corrected chi connectivity index (χ1v) is 3.70. The molecule has 1 aromatic rings. The quantitative estimate of drug-likeness (QED) is 0.614. The number of methoxy groups -OCH3 is 1. The number of aryl methyl sites for hydroxylation is 1. The number of hydrogen-bond acceptors (Lipinski definition) is 1. The Balaban J connectivity index is 3.04. The summed E-state index contributed by atoms with van der Waals surface area (Å²) < 4.78 is 17.8. The van der Waals surface area contributed by atoms with Gasteiger partial charge in [-0.2, -0.15) is 0 Å². The van der Waals surface area contributed by atoms with E-state index in [0.717, 1.165) is 5.56 Å². The van der Waals surface area contributed by atoms with Crippen molar-refractivity contribution in [1.82, 2.24) is 0 Å². The summed E-state index contributed by atoms with van der Waals surface area (Å²) in [6, 6.07) is 4.98. The highest BCUT2D eigenvalue weighted by molar-refractivity contribution is 5.53. The fourth-order valence-corrected chi connectivity index (χ4v) is 0.992. The molecule has 1 aromatic carbocycles.